The second-order valence-corrected chi connectivity index (χ2v) is 11.1. The number of hydrogen-bond acceptors (Lipinski definition) is 0. The molecule has 0 aromatic heterocycles. The number of rotatable bonds is 1. The third kappa shape index (κ3) is 2.22. The summed E-state index contributed by atoms with van der Waals surface area (Å²) in [5.74, 6) is 4.33. The van der Waals surface area contributed by atoms with Crippen molar-refractivity contribution in [3.8, 4) is 0 Å². The van der Waals surface area contributed by atoms with Crippen LogP contribution in [0, 0.1) is 34.5 Å². The Balaban J connectivity index is 1.65. The van der Waals surface area contributed by atoms with E-state index in [9.17, 15) is 0 Å². The van der Waals surface area contributed by atoms with E-state index in [2.05, 4.69) is 52.1 Å². The van der Waals surface area contributed by atoms with Crippen LogP contribution in [0.4, 0.5) is 0 Å². The molecule has 4 saturated carbocycles. The first kappa shape index (κ1) is 16.0. The largest absolute Gasteiger partial charge is 0.0857 e. The van der Waals surface area contributed by atoms with Gasteiger partial charge in [0.15, 0.2) is 0 Å². The van der Waals surface area contributed by atoms with Crippen LogP contribution in [0.1, 0.15) is 71.1 Å². The molecule has 21 heavy (non-hydrogen) atoms. The van der Waals surface area contributed by atoms with Crippen LogP contribution in [0.5, 0.6) is 0 Å². The fourth-order valence-electron chi connectivity index (χ4n) is 7.29. The van der Waals surface area contributed by atoms with Crippen molar-refractivity contribution in [1.29, 1.82) is 0 Å². The van der Waals surface area contributed by atoms with Gasteiger partial charge in [0.05, 0.1) is 0 Å². The second-order valence-electron chi connectivity index (χ2n) is 8.85. The lowest BCUT2D eigenvalue weighted by molar-refractivity contribution is -0.0997. The van der Waals surface area contributed by atoms with E-state index >= 15 is 0 Å². The molecule has 0 nitrogen and oxygen atoms in total. The van der Waals surface area contributed by atoms with Crippen molar-refractivity contribution in [2.24, 2.45) is 34.5 Å². The Hall–Kier alpha value is 1.46. The molecule has 0 spiro atoms. The van der Waals surface area contributed by atoms with E-state index in [0.29, 0.717) is 0 Å². The zero-order chi connectivity index (χ0) is 14.7. The molecule has 0 aromatic carbocycles. The lowest BCUT2D eigenvalue weighted by Gasteiger charge is -2.60. The molecule has 4 fully saturated rings. The monoisotopic (exact) mass is 512 g/mol. The molecule has 4 rings (SSSR count). The average Bonchev–Trinajstić information content (AvgIpc) is 2.84. The van der Waals surface area contributed by atoms with Crippen molar-refractivity contribution in [1.82, 2.24) is 0 Å². The van der Waals surface area contributed by atoms with Crippen LogP contribution in [0.15, 0.2) is 0 Å². The maximum absolute atomic E-state index is 2.82. The summed E-state index contributed by atoms with van der Waals surface area (Å²) in [4.78, 5) is 0. The highest BCUT2D eigenvalue weighted by molar-refractivity contribution is 14.1. The van der Waals surface area contributed by atoms with Gasteiger partial charge in [-0.15, -0.1) is 0 Å². The minimum Gasteiger partial charge on any atom is -0.0857 e. The zero-order valence-corrected chi connectivity index (χ0v) is 17.7. The molecule has 120 valence electrons. The molecule has 0 saturated heterocycles. The first-order chi connectivity index (χ1) is 10.1. The summed E-state index contributed by atoms with van der Waals surface area (Å²) < 4.78 is 2.39. The van der Waals surface area contributed by atoms with E-state index < -0.39 is 0 Å². The zero-order valence-electron chi connectivity index (χ0n) is 13.4. The number of halogens is 2. The smallest absolute Gasteiger partial charge is 0.0176 e. The van der Waals surface area contributed by atoms with Gasteiger partial charge in [0, 0.05) is 8.35 Å². The van der Waals surface area contributed by atoms with E-state index in [4.69, 9.17) is 0 Å². The van der Waals surface area contributed by atoms with Crippen LogP contribution in [0.2, 0.25) is 0 Å². The third-order valence-electron chi connectivity index (χ3n) is 8.44. The Kier molecular flexibility index (Phi) is 4.38. The number of alkyl halides is 2. The van der Waals surface area contributed by atoms with Crippen LogP contribution < -0.4 is 0 Å². The Morgan fingerprint density at radius 1 is 0.905 bits per heavy atom. The van der Waals surface area contributed by atoms with Crippen molar-refractivity contribution in [2.75, 3.05) is 4.43 Å². The van der Waals surface area contributed by atoms with Gasteiger partial charge >= 0.3 is 0 Å². The molecule has 0 heterocycles. The summed E-state index contributed by atoms with van der Waals surface area (Å²) in [6.45, 7) is 2.71. The summed E-state index contributed by atoms with van der Waals surface area (Å²) in [6, 6.07) is 0. The second kappa shape index (κ2) is 5.77. The predicted octanol–water partition coefficient (Wildman–Crippen LogP) is 6.64. The highest BCUT2D eigenvalue weighted by Crippen LogP contribution is 2.67. The van der Waals surface area contributed by atoms with Crippen molar-refractivity contribution in [3.05, 3.63) is 0 Å². The number of fused-ring (bicyclic) bond motifs is 5. The number of hydrogen-bond donors (Lipinski definition) is 0. The Morgan fingerprint density at radius 3 is 2.57 bits per heavy atom. The lowest BCUT2D eigenvalue weighted by Crippen LogP contribution is -2.54. The van der Waals surface area contributed by atoms with Gasteiger partial charge in [-0.25, -0.2) is 0 Å². The van der Waals surface area contributed by atoms with E-state index in [-0.39, 0.29) is 0 Å². The highest BCUT2D eigenvalue weighted by Gasteiger charge is 2.60. The molecule has 4 aliphatic rings. The van der Waals surface area contributed by atoms with Gasteiger partial charge in [-0.1, -0.05) is 64.9 Å². The molecule has 0 radical (unpaired) electrons. The highest BCUT2D eigenvalue weighted by atomic mass is 127. The first-order valence-corrected chi connectivity index (χ1v) is 12.1. The fourth-order valence-corrected chi connectivity index (χ4v) is 11.0. The van der Waals surface area contributed by atoms with Crippen LogP contribution in [0.25, 0.3) is 0 Å². The van der Waals surface area contributed by atoms with Gasteiger partial charge < -0.3 is 0 Å². The first-order valence-electron chi connectivity index (χ1n) is 9.32. The van der Waals surface area contributed by atoms with Gasteiger partial charge in [-0.05, 0) is 85.9 Å². The van der Waals surface area contributed by atoms with Crippen molar-refractivity contribution >= 4 is 45.2 Å². The SMILES string of the molecule is C[C@]12CCCCC1CC[C@H]1[C@@H]3CCC(I)[C@@]3(CI)CC[C@@H]12. The van der Waals surface area contributed by atoms with Gasteiger partial charge in [0.2, 0.25) is 0 Å². The summed E-state index contributed by atoms with van der Waals surface area (Å²) in [5, 5.41) is 0. The molecule has 0 aromatic rings. The van der Waals surface area contributed by atoms with Crippen LogP contribution in [-0.2, 0) is 0 Å². The summed E-state index contributed by atoms with van der Waals surface area (Å²) in [7, 11) is 0. The maximum atomic E-state index is 2.82. The van der Waals surface area contributed by atoms with Crippen molar-refractivity contribution in [2.45, 2.75) is 75.1 Å². The maximum Gasteiger partial charge on any atom is 0.0176 e. The molecular formula is C19H30I2. The standard InChI is InChI=1S/C19H30I2/c1-18-10-3-2-4-13(18)5-6-14-15(18)9-11-19(12-20)16(14)7-8-17(19)21/h13-17H,2-12H2,1H3/t13?,14-,15+,16+,17?,18+,19-/m1/s1. The molecule has 2 unspecified atom stereocenters. The molecule has 0 N–H and O–H groups in total. The molecule has 0 bridgehead atoms. The molecule has 2 heteroatoms. The van der Waals surface area contributed by atoms with Crippen LogP contribution in [-0.4, -0.2) is 8.35 Å². The minimum absolute atomic E-state index is 0.722. The molecule has 0 aliphatic heterocycles. The Labute approximate surface area is 158 Å². The van der Waals surface area contributed by atoms with Crippen molar-refractivity contribution < 1.29 is 0 Å². The van der Waals surface area contributed by atoms with Crippen LogP contribution >= 0.6 is 45.2 Å². The summed E-state index contributed by atoms with van der Waals surface area (Å²) in [5.41, 5.74) is 1.45. The topological polar surface area (TPSA) is 0 Å². The Bertz CT molecular complexity index is 408. The Morgan fingerprint density at radius 2 is 1.76 bits per heavy atom. The van der Waals surface area contributed by atoms with E-state index in [1.165, 1.54) is 23.7 Å². The quantitative estimate of drug-likeness (QED) is 0.273. The van der Waals surface area contributed by atoms with Gasteiger partial charge in [0.1, 0.15) is 0 Å². The van der Waals surface area contributed by atoms with Gasteiger partial charge in [-0.3, -0.25) is 0 Å². The molecule has 7 atom stereocenters. The normalized spacial score (nSPS) is 56.4. The van der Waals surface area contributed by atoms with Crippen LogP contribution in [0.3, 0.4) is 0 Å². The summed E-state index contributed by atoms with van der Waals surface area (Å²) >= 11 is 5.55. The van der Waals surface area contributed by atoms with E-state index in [1.807, 2.05) is 0 Å². The van der Waals surface area contributed by atoms with Gasteiger partial charge in [-0.2, -0.15) is 0 Å². The van der Waals surface area contributed by atoms with E-state index in [0.717, 1.165) is 38.4 Å². The third-order valence-corrected chi connectivity index (χ3v) is 11.7. The van der Waals surface area contributed by atoms with Gasteiger partial charge in [0.25, 0.3) is 0 Å². The molecular weight excluding hydrogens is 482 g/mol. The molecule has 4 aliphatic carbocycles. The lowest BCUT2D eigenvalue weighted by atomic mass is 9.45. The molecule has 0 amide bonds. The minimum atomic E-state index is 0.722. The fraction of sp³-hybridized carbons (Fsp3) is 1.00. The predicted molar refractivity (Wildman–Crippen MR) is 107 cm³/mol. The van der Waals surface area contributed by atoms with Crippen molar-refractivity contribution in [3.63, 3.8) is 0 Å². The summed E-state index contributed by atoms with van der Waals surface area (Å²) in [6.07, 6.45) is 15.5. The van der Waals surface area contributed by atoms with E-state index in [1.54, 1.807) is 44.9 Å². The average molecular weight is 512 g/mol.